The van der Waals surface area contributed by atoms with Crippen molar-refractivity contribution in [1.82, 2.24) is 4.90 Å². The van der Waals surface area contributed by atoms with E-state index in [1.807, 2.05) is 17.9 Å². The molecule has 0 radical (unpaired) electrons. The van der Waals surface area contributed by atoms with E-state index in [1.54, 1.807) is 12.1 Å². The molecule has 3 heterocycles. The Morgan fingerprint density at radius 2 is 2.09 bits per heavy atom. The lowest BCUT2D eigenvalue weighted by atomic mass is 9.64. The van der Waals surface area contributed by atoms with Crippen molar-refractivity contribution in [2.24, 2.45) is 17.3 Å². The van der Waals surface area contributed by atoms with E-state index in [9.17, 15) is 19.8 Å². The van der Waals surface area contributed by atoms with E-state index in [1.165, 1.54) is 0 Å². The van der Waals surface area contributed by atoms with Crippen LogP contribution >= 0.6 is 0 Å². The van der Waals surface area contributed by atoms with E-state index in [0.717, 1.165) is 31.4 Å². The lowest BCUT2D eigenvalue weighted by molar-refractivity contribution is -0.185. The number of nitrogens with zero attached hydrogens (tertiary/aromatic N) is 1. The Bertz CT molecular complexity index is 885. The van der Waals surface area contributed by atoms with E-state index < -0.39 is 11.6 Å². The lowest BCUT2D eigenvalue weighted by Crippen LogP contribution is -2.57. The molecule has 1 aromatic carbocycles. The fourth-order valence-electron chi connectivity index (χ4n) is 5.82. The maximum absolute atomic E-state index is 12.8. The number of aliphatic carboxylic acids is 1. The van der Waals surface area contributed by atoms with Gasteiger partial charge in [0.15, 0.2) is 11.5 Å². The Morgan fingerprint density at radius 3 is 2.81 bits per heavy atom. The van der Waals surface area contributed by atoms with Crippen LogP contribution in [0.2, 0.25) is 0 Å². The third-order valence-corrected chi connectivity index (χ3v) is 7.47. The molecule has 7 nitrogen and oxygen atoms in total. The Hall–Kier alpha value is -2.28. The van der Waals surface area contributed by atoms with Crippen LogP contribution in [0.25, 0.3) is 0 Å². The van der Waals surface area contributed by atoms with Crippen LogP contribution in [0.1, 0.15) is 71.0 Å². The van der Waals surface area contributed by atoms with Gasteiger partial charge in [-0.3, -0.25) is 9.59 Å². The summed E-state index contributed by atoms with van der Waals surface area (Å²) < 4.78 is 12.8. The molecule has 1 spiro atoms. The molecule has 1 amide bonds. The van der Waals surface area contributed by atoms with Gasteiger partial charge in [0, 0.05) is 42.8 Å². The van der Waals surface area contributed by atoms with Gasteiger partial charge in [0.05, 0.1) is 12.7 Å². The van der Waals surface area contributed by atoms with Gasteiger partial charge in [0.1, 0.15) is 5.60 Å². The predicted octanol–water partition coefficient (Wildman–Crippen LogP) is 4.14. The van der Waals surface area contributed by atoms with Crippen molar-refractivity contribution in [3.63, 3.8) is 0 Å². The third kappa shape index (κ3) is 4.32. The zero-order valence-electron chi connectivity index (χ0n) is 19.3. The van der Waals surface area contributed by atoms with E-state index in [2.05, 4.69) is 13.8 Å². The fraction of sp³-hybridized carbons (Fsp3) is 0.680. The van der Waals surface area contributed by atoms with Crippen LogP contribution in [0.15, 0.2) is 18.2 Å². The number of likely N-dealkylation sites (tertiary alicyclic amines) is 1. The molecule has 2 fully saturated rings. The highest BCUT2D eigenvalue weighted by Gasteiger charge is 2.55. The zero-order chi connectivity index (χ0) is 23.1. The van der Waals surface area contributed by atoms with Crippen molar-refractivity contribution in [3.05, 3.63) is 23.8 Å². The number of carbonyl (C=O) groups excluding carboxylic acids is 1. The minimum Gasteiger partial charge on any atom is -0.504 e. The summed E-state index contributed by atoms with van der Waals surface area (Å²) in [5, 5.41) is 19.8. The molecule has 32 heavy (non-hydrogen) atoms. The first kappa shape index (κ1) is 22.9. The number of hydrogen-bond acceptors (Lipinski definition) is 5. The van der Waals surface area contributed by atoms with Crippen molar-refractivity contribution in [3.8, 4) is 11.5 Å². The van der Waals surface area contributed by atoms with Gasteiger partial charge in [-0.1, -0.05) is 26.0 Å². The topological polar surface area (TPSA) is 96.3 Å². The number of ether oxygens (including phenoxy) is 2. The molecule has 0 aromatic heterocycles. The molecule has 3 aliphatic rings. The van der Waals surface area contributed by atoms with Gasteiger partial charge in [-0.25, -0.2) is 0 Å². The lowest BCUT2D eigenvalue weighted by Gasteiger charge is -2.55. The highest BCUT2D eigenvalue weighted by molar-refractivity contribution is 5.76. The average Bonchev–Trinajstić information content (AvgIpc) is 2.73. The predicted molar refractivity (Wildman–Crippen MR) is 119 cm³/mol. The van der Waals surface area contributed by atoms with E-state index in [4.69, 9.17) is 9.47 Å². The second-order valence-electron chi connectivity index (χ2n) is 10.6. The van der Waals surface area contributed by atoms with Crippen LogP contribution in [0.3, 0.4) is 0 Å². The SMILES string of the molecule is CC(C)CC(=O)N1CCC[C@@]2(CO[C@@H]3c4cccc(O)c4O[C@@](C)(CCC(=O)O)[C@H]3C2)C1. The minimum atomic E-state index is -0.871. The number of fused-ring (bicyclic) bond motifs is 3. The number of rotatable bonds is 5. The highest BCUT2D eigenvalue weighted by atomic mass is 16.5. The molecular weight excluding hydrogens is 410 g/mol. The number of hydrogen-bond donors (Lipinski definition) is 2. The fourth-order valence-corrected chi connectivity index (χ4v) is 5.82. The average molecular weight is 446 g/mol. The number of phenols is 1. The second kappa shape index (κ2) is 8.58. The molecule has 2 N–H and O–H groups in total. The van der Waals surface area contributed by atoms with E-state index in [0.29, 0.717) is 37.7 Å². The summed E-state index contributed by atoms with van der Waals surface area (Å²) in [4.78, 5) is 26.2. The van der Waals surface area contributed by atoms with Crippen LogP contribution in [0.4, 0.5) is 0 Å². The van der Waals surface area contributed by atoms with E-state index >= 15 is 0 Å². The third-order valence-electron chi connectivity index (χ3n) is 7.47. The Morgan fingerprint density at radius 1 is 1.31 bits per heavy atom. The molecule has 7 heteroatoms. The quantitative estimate of drug-likeness (QED) is 0.707. The van der Waals surface area contributed by atoms with Gasteiger partial charge in [-0.05, 0) is 44.6 Å². The number of benzene rings is 1. The van der Waals surface area contributed by atoms with Gasteiger partial charge in [-0.15, -0.1) is 0 Å². The molecule has 0 bridgehead atoms. The normalized spacial score (nSPS) is 31.7. The molecule has 0 unspecified atom stereocenters. The summed E-state index contributed by atoms with van der Waals surface area (Å²) >= 11 is 0. The smallest absolute Gasteiger partial charge is 0.303 e. The standard InChI is InChI=1S/C25H35NO6/c1-16(2)12-20(28)26-11-5-9-25(14-26)13-18-22(31-15-25)17-6-4-7-19(27)23(17)32-24(18,3)10-8-21(29)30/h4,6-7,16,18,22,27H,5,8-15H2,1-3H3,(H,29,30)/t18-,22+,24-,25-/m0/s1. The van der Waals surface area contributed by atoms with Crippen LogP contribution in [-0.2, 0) is 14.3 Å². The van der Waals surface area contributed by atoms with Crippen molar-refractivity contribution in [2.45, 2.75) is 71.0 Å². The van der Waals surface area contributed by atoms with Gasteiger partial charge < -0.3 is 24.6 Å². The van der Waals surface area contributed by atoms with Crippen molar-refractivity contribution in [1.29, 1.82) is 0 Å². The molecule has 2 saturated heterocycles. The molecule has 3 aliphatic heterocycles. The van der Waals surface area contributed by atoms with Gasteiger partial charge in [-0.2, -0.15) is 0 Å². The van der Waals surface area contributed by atoms with Crippen LogP contribution in [0, 0.1) is 17.3 Å². The van der Waals surface area contributed by atoms with Crippen molar-refractivity contribution >= 4 is 11.9 Å². The molecule has 176 valence electrons. The number of carbonyl (C=O) groups is 2. The number of carboxylic acid groups (broad SMARTS) is 1. The summed E-state index contributed by atoms with van der Waals surface area (Å²) in [5.41, 5.74) is -0.123. The molecule has 4 atom stereocenters. The van der Waals surface area contributed by atoms with Crippen molar-refractivity contribution < 1.29 is 29.3 Å². The highest BCUT2D eigenvalue weighted by Crippen LogP contribution is 2.57. The zero-order valence-corrected chi connectivity index (χ0v) is 19.3. The summed E-state index contributed by atoms with van der Waals surface area (Å²) in [5.74, 6) is 0.0335. The molecule has 0 saturated carbocycles. The van der Waals surface area contributed by atoms with Crippen LogP contribution in [-0.4, -0.2) is 52.3 Å². The summed E-state index contributed by atoms with van der Waals surface area (Å²) in [6, 6.07) is 5.29. The first-order valence-electron chi connectivity index (χ1n) is 11.7. The number of phenolic OH excluding ortho intramolecular Hbond substituents is 1. The number of piperidine rings is 1. The van der Waals surface area contributed by atoms with Gasteiger partial charge in [0.25, 0.3) is 0 Å². The maximum atomic E-state index is 12.8. The number of para-hydroxylation sites is 1. The monoisotopic (exact) mass is 445 g/mol. The van der Waals surface area contributed by atoms with Gasteiger partial charge >= 0.3 is 5.97 Å². The number of aromatic hydroxyl groups is 1. The largest absolute Gasteiger partial charge is 0.504 e. The Labute approximate surface area is 189 Å². The van der Waals surface area contributed by atoms with Crippen LogP contribution in [0.5, 0.6) is 11.5 Å². The Kier molecular flexibility index (Phi) is 6.14. The maximum Gasteiger partial charge on any atom is 0.303 e. The summed E-state index contributed by atoms with van der Waals surface area (Å²) in [6.07, 6.45) is 3.31. The number of amides is 1. The van der Waals surface area contributed by atoms with E-state index in [-0.39, 0.29) is 35.5 Å². The molecule has 0 aliphatic carbocycles. The van der Waals surface area contributed by atoms with Crippen LogP contribution < -0.4 is 4.74 Å². The number of carboxylic acids is 1. The Balaban J connectivity index is 1.63. The second-order valence-corrected chi connectivity index (χ2v) is 10.6. The van der Waals surface area contributed by atoms with Gasteiger partial charge in [0.2, 0.25) is 5.91 Å². The minimum absolute atomic E-state index is 0.0192. The van der Waals surface area contributed by atoms with Crippen molar-refractivity contribution in [2.75, 3.05) is 19.7 Å². The summed E-state index contributed by atoms with van der Waals surface area (Å²) in [6.45, 7) is 8.06. The summed E-state index contributed by atoms with van der Waals surface area (Å²) in [7, 11) is 0. The molecule has 1 aromatic rings. The first-order chi connectivity index (χ1) is 15.1. The molecular formula is C25H35NO6. The first-order valence-corrected chi connectivity index (χ1v) is 11.7. The molecule has 4 rings (SSSR count).